The third kappa shape index (κ3) is 2.79. The molecule has 2 saturated carbocycles. The molecule has 25 heavy (non-hydrogen) atoms. The number of fused-ring (bicyclic) bond motifs is 3. The molecule has 3 N–H and O–H groups in total. The van der Waals surface area contributed by atoms with Gasteiger partial charge in [-0.15, -0.1) is 0 Å². The average molecular weight is 364 g/mol. The van der Waals surface area contributed by atoms with Crippen molar-refractivity contribution in [2.45, 2.75) is 57.2 Å². The minimum Gasteiger partial charge on any atom is -0.300 e. The average Bonchev–Trinajstić information content (AvgIpc) is 3.25. The van der Waals surface area contributed by atoms with Crippen LogP contribution in [0.15, 0.2) is 24.3 Å². The van der Waals surface area contributed by atoms with E-state index in [1.54, 1.807) is 0 Å². The van der Waals surface area contributed by atoms with Crippen LogP contribution in [0.1, 0.15) is 44.1 Å². The van der Waals surface area contributed by atoms with E-state index in [0.29, 0.717) is 6.54 Å². The highest BCUT2D eigenvalue weighted by Crippen LogP contribution is 2.51. The molecular formula is C19H29N3O2S. The van der Waals surface area contributed by atoms with Gasteiger partial charge in [-0.2, -0.15) is 4.72 Å². The Hall–Kier alpha value is -0.790. The van der Waals surface area contributed by atoms with Crippen molar-refractivity contribution in [2.75, 3.05) is 17.4 Å². The lowest BCUT2D eigenvalue weighted by Gasteiger charge is -2.53. The Balaban J connectivity index is 1.31. The fraction of sp³-hybridized carbons (Fsp3) is 0.684. The molecule has 0 aromatic heterocycles. The Bertz CT molecular complexity index is 647. The summed E-state index contributed by atoms with van der Waals surface area (Å²) in [6, 6.07) is 9.13. The van der Waals surface area contributed by atoms with E-state index in [1.807, 2.05) is 22.5 Å². The number of hydrogen-bond donors (Lipinski definition) is 3. The number of nitrogens with one attached hydrogen (secondary N) is 1. The van der Waals surface area contributed by atoms with Crippen molar-refractivity contribution >= 4 is 16.6 Å². The molecule has 5 nitrogen and oxygen atoms in total. The molecule has 2 bridgehead atoms. The topological polar surface area (TPSA) is 59.0 Å². The van der Waals surface area contributed by atoms with Gasteiger partial charge in [0.05, 0.1) is 11.7 Å². The minimum atomic E-state index is -2.92. The van der Waals surface area contributed by atoms with E-state index in [2.05, 4.69) is 15.7 Å². The largest absolute Gasteiger partial charge is 0.300 e. The van der Waals surface area contributed by atoms with E-state index in [1.165, 1.54) is 25.7 Å². The van der Waals surface area contributed by atoms with Gasteiger partial charge in [-0.05, 0) is 55.6 Å². The number of nitrogens with zero attached hydrogens (tertiary/aromatic N) is 2. The molecule has 1 aromatic carbocycles. The van der Waals surface area contributed by atoms with Crippen LogP contribution in [0, 0.1) is 11.8 Å². The highest BCUT2D eigenvalue weighted by Gasteiger charge is 2.44. The molecule has 2 aliphatic carbocycles. The van der Waals surface area contributed by atoms with Crippen LogP contribution in [0.2, 0.25) is 0 Å². The Labute approximate surface area is 152 Å². The molecule has 0 spiro atoms. The molecule has 138 valence electrons. The molecule has 4 aliphatic rings. The van der Waals surface area contributed by atoms with Gasteiger partial charge < -0.3 is 0 Å². The van der Waals surface area contributed by atoms with Gasteiger partial charge in [0.2, 0.25) is 0 Å². The summed E-state index contributed by atoms with van der Waals surface area (Å²) < 4.78 is 26.1. The summed E-state index contributed by atoms with van der Waals surface area (Å²) in [7, 11) is -2.92. The zero-order chi connectivity index (χ0) is 17.0. The van der Waals surface area contributed by atoms with Crippen LogP contribution in [0.3, 0.4) is 0 Å². The molecule has 0 amide bonds. The third-order valence-electron chi connectivity index (χ3n) is 6.96. The SMILES string of the molecule is OS1(O)NCc2ccccc2N1C1CCN(C2CC3CCC2C3)CC1. The highest BCUT2D eigenvalue weighted by molar-refractivity contribution is 8.23. The number of benzene rings is 1. The van der Waals surface area contributed by atoms with Crippen molar-refractivity contribution in [3.63, 3.8) is 0 Å². The summed E-state index contributed by atoms with van der Waals surface area (Å²) in [6.45, 7) is 2.71. The summed E-state index contributed by atoms with van der Waals surface area (Å²) in [6.07, 6.45) is 7.76. The Morgan fingerprint density at radius 3 is 2.52 bits per heavy atom. The minimum absolute atomic E-state index is 0.203. The second kappa shape index (κ2) is 6.13. The summed E-state index contributed by atoms with van der Waals surface area (Å²) in [5, 5.41) is 0. The third-order valence-corrected chi connectivity index (χ3v) is 8.54. The van der Waals surface area contributed by atoms with Crippen molar-refractivity contribution in [1.82, 2.24) is 9.62 Å². The number of rotatable bonds is 2. The monoisotopic (exact) mass is 363 g/mol. The van der Waals surface area contributed by atoms with E-state index in [4.69, 9.17) is 0 Å². The van der Waals surface area contributed by atoms with Crippen molar-refractivity contribution in [3.05, 3.63) is 29.8 Å². The lowest BCUT2D eigenvalue weighted by Crippen LogP contribution is -2.53. The first-order valence-corrected chi connectivity index (χ1v) is 11.3. The van der Waals surface area contributed by atoms with Crippen LogP contribution < -0.4 is 9.03 Å². The van der Waals surface area contributed by atoms with E-state index in [9.17, 15) is 9.11 Å². The lowest BCUT2D eigenvalue weighted by molar-refractivity contribution is 0.111. The van der Waals surface area contributed by atoms with Crippen LogP contribution in [0.5, 0.6) is 0 Å². The van der Waals surface area contributed by atoms with Crippen LogP contribution in [-0.2, 0) is 6.54 Å². The smallest absolute Gasteiger partial charge is 0.0631 e. The van der Waals surface area contributed by atoms with Gasteiger partial charge in [0.25, 0.3) is 0 Å². The van der Waals surface area contributed by atoms with E-state index in [0.717, 1.165) is 55.1 Å². The normalized spacial score (nSPS) is 36.4. The van der Waals surface area contributed by atoms with Crippen molar-refractivity contribution in [1.29, 1.82) is 0 Å². The maximum atomic E-state index is 10.6. The van der Waals surface area contributed by atoms with Gasteiger partial charge in [0.1, 0.15) is 0 Å². The Morgan fingerprint density at radius 1 is 1.00 bits per heavy atom. The van der Waals surface area contributed by atoms with Crippen molar-refractivity contribution in [2.24, 2.45) is 11.8 Å². The van der Waals surface area contributed by atoms with Crippen LogP contribution >= 0.6 is 11.0 Å². The van der Waals surface area contributed by atoms with Crippen LogP contribution in [-0.4, -0.2) is 39.2 Å². The maximum Gasteiger partial charge on any atom is 0.0631 e. The molecule has 3 atom stereocenters. The summed E-state index contributed by atoms with van der Waals surface area (Å²) >= 11 is 0. The number of anilines is 1. The van der Waals surface area contributed by atoms with Gasteiger partial charge in [-0.1, -0.05) is 35.6 Å². The fourth-order valence-corrected chi connectivity index (χ4v) is 7.34. The number of para-hydroxylation sites is 1. The predicted molar refractivity (Wildman–Crippen MR) is 102 cm³/mol. The fourth-order valence-electron chi connectivity index (χ4n) is 5.77. The molecule has 1 saturated heterocycles. The van der Waals surface area contributed by atoms with Crippen LogP contribution in [0.4, 0.5) is 5.69 Å². The molecule has 2 aliphatic heterocycles. The molecule has 0 radical (unpaired) electrons. The number of piperidine rings is 1. The molecule has 5 rings (SSSR count). The second-order valence-corrected chi connectivity index (χ2v) is 10.0. The predicted octanol–water partition coefficient (Wildman–Crippen LogP) is 3.83. The van der Waals surface area contributed by atoms with Gasteiger partial charge >= 0.3 is 0 Å². The first kappa shape index (κ1) is 16.4. The molecule has 1 aromatic rings. The quantitative estimate of drug-likeness (QED) is 0.745. The first-order valence-electron chi connectivity index (χ1n) is 9.76. The molecular weight excluding hydrogens is 334 g/mol. The van der Waals surface area contributed by atoms with Gasteiger partial charge in [-0.3, -0.25) is 18.3 Å². The zero-order valence-electron chi connectivity index (χ0n) is 14.7. The van der Waals surface area contributed by atoms with Gasteiger partial charge in [0.15, 0.2) is 0 Å². The maximum absolute atomic E-state index is 10.6. The second-order valence-electron chi connectivity index (χ2n) is 8.30. The van der Waals surface area contributed by atoms with E-state index in [-0.39, 0.29) is 6.04 Å². The van der Waals surface area contributed by atoms with E-state index < -0.39 is 11.0 Å². The molecule has 2 heterocycles. The van der Waals surface area contributed by atoms with Crippen LogP contribution in [0.25, 0.3) is 0 Å². The summed E-state index contributed by atoms with van der Waals surface area (Å²) in [4.78, 5) is 2.70. The number of hydrogen-bond acceptors (Lipinski definition) is 5. The highest BCUT2D eigenvalue weighted by atomic mass is 32.3. The first-order chi connectivity index (χ1) is 12.1. The van der Waals surface area contributed by atoms with Crippen molar-refractivity contribution in [3.8, 4) is 0 Å². The molecule has 6 heteroatoms. The van der Waals surface area contributed by atoms with Gasteiger partial charge in [-0.25, -0.2) is 0 Å². The van der Waals surface area contributed by atoms with Crippen molar-refractivity contribution < 1.29 is 9.11 Å². The Kier molecular flexibility index (Phi) is 4.02. The molecule has 3 unspecified atom stereocenters. The lowest BCUT2D eigenvalue weighted by atomic mass is 9.91. The molecule has 3 fully saturated rings. The van der Waals surface area contributed by atoms with Gasteiger partial charge in [0, 0.05) is 25.7 Å². The van der Waals surface area contributed by atoms with E-state index >= 15 is 0 Å². The zero-order valence-corrected chi connectivity index (χ0v) is 15.5. The number of likely N-dealkylation sites (tertiary alicyclic amines) is 1. The standard InChI is InChI=1S/C19H29N3O2S/c23-25(24)20-13-16-3-1-2-4-18(16)22(25)17-7-9-21(10-8-17)19-12-14-5-6-15(19)11-14/h1-4,14-15,17,19-20,23-24H,5-13H2. The Morgan fingerprint density at radius 2 is 1.80 bits per heavy atom. The summed E-state index contributed by atoms with van der Waals surface area (Å²) in [5.41, 5.74) is 2.16. The summed E-state index contributed by atoms with van der Waals surface area (Å²) in [5.74, 6) is 1.91.